The molecule has 2 fully saturated rings. The Balaban J connectivity index is 1.52. The average Bonchev–Trinajstić information content (AvgIpc) is 2.70. The smallest absolute Gasteiger partial charge is 0.242 e. The second-order valence-corrected chi connectivity index (χ2v) is 7.88. The molecule has 0 bridgehead atoms. The van der Waals surface area contributed by atoms with Crippen molar-refractivity contribution in [2.75, 3.05) is 58.4 Å². The average molecular weight is 373 g/mol. The van der Waals surface area contributed by atoms with E-state index in [0.717, 1.165) is 44.6 Å². The Bertz CT molecular complexity index is 641. The lowest BCUT2D eigenvalue weighted by Gasteiger charge is -2.47. The summed E-state index contributed by atoms with van der Waals surface area (Å²) in [5.41, 5.74) is 1.22. The predicted molar refractivity (Wildman–Crippen MR) is 106 cm³/mol. The Morgan fingerprint density at radius 1 is 1.19 bits per heavy atom. The van der Waals surface area contributed by atoms with Gasteiger partial charge in [0.2, 0.25) is 11.8 Å². The van der Waals surface area contributed by atoms with E-state index in [9.17, 15) is 9.59 Å². The van der Waals surface area contributed by atoms with Gasteiger partial charge >= 0.3 is 0 Å². The highest BCUT2D eigenvalue weighted by Crippen LogP contribution is 2.40. The zero-order valence-electron chi connectivity index (χ0n) is 16.5. The predicted octanol–water partition coefficient (Wildman–Crippen LogP) is 2.00. The number of hydrogen-bond acceptors (Lipinski definition) is 4. The molecule has 0 saturated carbocycles. The van der Waals surface area contributed by atoms with Crippen LogP contribution in [0, 0.1) is 5.41 Å². The maximum Gasteiger partial charge on any atom is 0.242 e. The molecule has 6 nitrogen and oxygen atoms in total. The number of methoxy groups -OCH3 is 1. The Hall–Kier alpha value is -2.08. The highest BCUT2D eigenvalue weighted by atomic mass is 16.5. The number of carbonyl (C=O) groups is 2. The summed E-state index contributed by atoms with van der Waals surface area (Å²) in [4.78, 5) is 30.8. The van der Waals surface area contributed by atoms with Crippen LogP contribution in [0.2, 0.25) is 0 Å². The summed E-state index contributed by atoms with van der Waals surface area (Å²) in [6, 6.07) is 9.99. The summed E-state index contributed by atoms with van der Waals surface area (Å²) < 4.78 is 5.14. The van der Waals surface area contributed by atoms with Crippen molar-refractivity contribution in [3.63, 3.8) is 0 Å². The maximum atomic E-state index is 12.7. The quantitative estimate of drug-likeness (QED) is 0.765. The molecule has 1 aromatic carbocycles. The van der Waals surface area contributed by atoms with Gasteiger partial charge in [0.05, 0.1) is 13.2 Å². The fraction of sp³-hybridized carbons (Fsp3) is 0.619. The number of likely N-dealkylation sites (N-methyl/N-ethyl adjacent to an activating group) is 1. The SMILES string of the molecule is COCCN1CC2(CCC1=O)CCN(C(=O)CN(C)c1ccccc1)CC2. The molecule has 6 heteroatoms. The van der Waals surface area contributed by atoms with Crippen molar-refractivity contribution in [3.05, 3.63) is 30.3 Å². The van der Waals surface area contributed by atoms with Crippen LogP contribution in [0.25, 0.3) is 0 Å². The number of ether oxygens (including phenoxy) is 1. The zero-order chi connectivity index (χ0) is 19.3. The van der Waals surface area contributed by atoms with Gasteiger partial charge in [-0.1, -0.05) is 18.2 Å². The highest BCUT2D eigenvalue weighted by molar-refractivity contribution is 5.81. The van der Waals surface area contributed by atoms with E-state index in [0.29, 0.717) is 26.1 Å². The summed E-state index contributed by atoms with van der Waals surface area (Å²) in [5, 5.41) is 0. The van der Waals surface area contributed by atoms with E-state index in [1.54, 1.807) is 7.11 Å². The molecule has 3 rings (SSSR count). The zero-order valence-corrected chi connectivity index (χ0v) is 16.5. The van der Waals surface area contributed by atoms with Crippen molar-refractivity contribution in [2.45, 2.75) is 25.7 Å². The van der Waals surface area contributed by atoms with Crippen LogP contribution in [0.1, 0.15) is 25.7 Å². The Labute approximate surface area is 162 Å². The van der Waals surface area contributed by atoms with Crippen LogP contribution in [0.15, 0.2) is 30.3 Å². The van der Waals surface area contributed by atoms with Gasteiger partial charge in [0.15, 0.2) is 0 Å². The van der Waals surface area contributed by atoms with Gasteiger partial charge in [-0.05, 0) is 36.8 Å². The third-order valence-corrected chi connectivity index (χ3v) is 6.06. The minimum Gasteiger partial charge on any atom is -0.383 e. The van der Waals surface area contributed by atoms with Gasteiger partial charge in [-0.25, -0.2) is 0 Å². The summed E-state index contributed by atoms with van der Waals surface area (Å²) in [6.07, 6.45) is 3.52. The van der Waals surface area contributed by atoms with Crippen LogP contribution >= 0.6 is 0 Å². The van der Waals surface area contributed by atoms with Crippen molar-refractivity contribution < 1.29 is 14.3 Å². The second kappa shape index (κ2) is 8.74. The van der Waals surface area contributed by atoms with Crippen LogP contribution in [-0.4, -0.2) is 75.1 Å². The molecule has 0 aromatic heterocycles. The number of anilines is 1. The van der Waals surface area contributed by atoms with E-state index < -0.39 is 0 Å². The molecule has 0 radical (unpaired) electrons. The number of amides is 2. The lowest BCUT2D eigenvalue weighted by molar-refractivity contribution is -0.142. The van der Waals surface area contributed by atoms with E-state index >= 15 is 0 Å². The van der Waals surface area contributed by atoms with Gasteiger partial charge in [0.1, 0.15) is 0 Å². The minimum atomic E-state index is 0.170. The Morgan fingerprint density at radius 2 is 1.89 bits per heavy atom. The molecule has 2 heterocycles. The molecule has 148 valence electrons. The number of nitrogens with zero attached hydrogens (tertiary/aromatic N) is 3. The lowest BCUT2D eigenvalue weighted by atomic mass is 9.72. The van der Waals surface area contributed by atoms with Gasteiger partial charge < -0.3 is 19.4 Å². The standard InChI is InChI=1S/C21H31N3O3/c1-22(18-6-4-3-5-7-18)16-20(26)23-12-10-21(11-13-23)9-8-19(25)24(17-21)14-15-27-2/h3-7H,8-17H2,1-2H3. The van der Waals surface area contributed by atoms with E-state index in [2.05, 4.69) is 0 Å². The first-order chi connectivity index (χ1) is 13.0. The highest BCUT2D eigenvalue weighted by Gasteiger charge is 2.41. The number of hydrogen-bond donors (Lipinski definition) is 0. The monoisotopic (exact) mass is 373 g/mol. The Morgan fingerprint density at radius 3 is 2.56 bits per heavy atom. The molecule has 1 aromatic rings. The van der Waals surface area contributed by atoms with Crippen molar-refractivity contribution in [1.82, 2.24) is 9.80 Å². The first-order valence-corrected chi connectivity index (χ1v) is 9.84. The third kappa shape index (κ3) is 4.80. The van der Waals surface area contributed by atoms with Crippen LogP contribution in [0.5, 0.6) is 0 Å². The first kappa shape index (κ1) is 19.7. The van der Waals surface area contributed by atoms with Gasteiger partial charge in [0, 0.05) is 52.4 Å². The first-order valence-electron chi connectivity index (χ1n) is 9.84. The summed E-state index contributed by atoms with van der Waals surface area (Å²) >= 11 is 0. The molecule has 1 spiro atoms. The lowest BCUT2D eigenvalue weighted by Crippen LogP contribution is -2.53. The van der Waals surface area contributed by atoms with Crippen LogP contribution < -0.4 is 4.90 Å². The molecular formula is C21H31N3O3. The number of rotatable bonds is 6. The summed E-state index contributed by atoms with van der Waals surface area (Å²) in [6.45, 7) is 4.03. The van der Waals surface area contributed by atoms with E-state index in [1.807, 2.05) is 52.1 Å². The molecule has 0 unspecified atom stereocenters. The fourth-order valence-electron chi connectivity index (χ4n) is 4.22. The van der Waals surface area contributed by atoms with E-state index in [4.69, 9.17) is 4.74 Å². The summed E-state index contributed by atoms with van der Waals surface area (Å²) in [5.74, 6) is 0.417. The largest absolute Gasteiger partial charge is 0.383 e. The van der Waals surface area contributed by atoms with Crippen LogP contribution in [-0.2, 0) is 14.3 Å². The number of likely N-dealkylation sites (tertiary alicyclic amines) is 2. The number of piperidine rings is 2. The second-order valence-electron chi connectivity index (χ2n) is 7.88. The third-order valence-electron chi connectivity index (χ3n) is 6.06. The van der Waals surface area contributed by atoms with Gasteiger partial charge in [-0.3, -0.25) is 9.59 Å². The number of carbonyl (C=O) groups excluding carboxylic acids is 2. The normalized spacial score (nSPS) is 19.4. The van der Waals surface area contributed by atoms with E-state index in [1.165, 1.54) is 0 Å². The number of benzene rings is 1. The molecule has 2 aliphatic heterocycles. The molecule has 0 N–H and O–H groups in total. The van der Waals surface area contributed by atoms with E-state index in [-0.39, 0.29) is 17.2 Å². The van der Waals surface area contributed by atoms with Crippen molar-refractivity contribution in [3.8, 4) is 0 Å². The molecular weight excluding hydrogens is 342 g/mol. The van der Waals surface area contributed by atoms with Crippen LogP contribution in [0.4, 0.5) is 5.69 Å². The van der Waals surface area contributed by atoms with Crippen molar-refractivity contribution >= 4 is 17.5 Å². The molecule has 2 saturated heterocycles. The van der Waals surface area contributed by atoms with Gasteiger partial charge in [0.25, 0.3) is 0 Å². The van der Waals surface area contributed by atoms with Gasteiger partial charge in [-0.15, -0.1) is 0 Å². The van der Waals surface area contributed by atoms with Crippen LogP contribution in [0.3, 0.4) is 0 Å². The molecule has 27 heavy (non-hydrogen) atoms. The van der Waals surface area contributed by atoms with Crippen molar-refractivity contribution in [1.29, 1.82) is 0 Å². The number of para-hydroxylation sites is 1. The van der Waals surface area contributed by atoms with Crippen molar-refractivity contribution in [2.24, 2.45) is 5.41 Å². The van der Waals surface area contributed by atoms with Gasteiger partial charge in [-0.2, -0.15) is 0 Å². The fourth-order valence-corrected chi connectivity index (χ4v) is 4.22. The summed E-state index contributed by atoms with van der Waals surface area (Å²) in [7, 11) is 3.62. The topological polar surface area (TPSA) is 53.1 Å². The molecule has 0 aliphatic carbocycles. The molecule has 0 atom stereocenters. The minimum absolute atomic E-state index is 0.170. The maximum absolute atomic E-state index is 12.7. The molecule has 2 amide bonds. The Kier molecular flexibility index (Phi) is 6.37. The molecule has 2 aliphatic rings.